The Morgan fingerprint density at radius 1 is 1.00 bits per heavy atom. The number of hydrogen-bond donors (Lipinski definition) is 2. The summed E-state index contributed by atoms with van der Waals surface area (Å²) in [5, 5.41) is 5.22. The zero-order valence-corrected chi connectivity index (χ0v) is 19.0. The molecular weight excluding hydrogens is 416 g/mol. The van der Waals surface area contributed by atoms with Gasteiger partial charge in [-0.15, -0.1) is 0 Å². The predicted octanol–water partition coefficient (Wildman–Crippen LogP) is 3.18. The van der Waals surface area contributed by atoms with Gasteiger partial charge < -0.3 is 15.4 Å². The average Bonchev–Trinajstić information content (AvgIpc) is 2.66. The van der Waals surface area contributed by atoms with E-state index in [4.69, 9.17) is 4.74 Å². The van der Waals surface area contributed by atoms with Crippen molar-refractivity contribution < 1.29 is 22.7 Å². The monoisotopic (exact) mass is 442 g/mol. The van der Waals surface area contributed by atoms with E-state index in [1.165, 1.54) is 7.11 Å². The summed E-state index contributed by atoms with van der Waals surface area (Å²) < 4.78 is 31.6. The van der Waals surface area contributed by atoms with Gasteiger partial charge in [0.05, 0.1) is 29.4 Å². The second kappa shape index (κ2) is 8.55. The highest BCUT2D eigenvalue weighted by molar-refractivity contribution is 7.91. The van der Waals surface area contributed by atoms with Crippen molar-refractivity contribution in [2.75, 3.05) is 12.9 Å². The van der Waals surface area contributed by atoms with Crippen molar-refractivity contribution in [1.82, 2.24) is 10.6 Å². The van der Waals surface area contributed by atoms with Gasteiger partial charge in [-0.1, -0.05) is 47.5 Å². The average molecular weight is 443 g/mol. The number of hydrogen-bond acceptors (Lipinski definition) is 5. The van der Waals surface area contributed by atoms with Crippen LogP contribution in [0.15, 0.2) is 52.6 Å². The number of carbonyl (C=O) groups excluding carboxylic acids is 2. The first kappa shape index (κ1) is 22.6. The van der Waals surface area contributed by atoms with Crippen molar-refractivity contribution in [2.24, 2.45) is 0 Å². The Balaban J connectivity index is 2.14. The molecule has 0 unspecified atom stereocenters. The van der Waals surface area contributed by atoms with Crippen molar-refractivity contribution in [3.05, 3.63) is 75.5 Å². The largest absolute Gasteiger partial charge is 0.466 e. The molecular formula is C23H26N2O5S. The van der Waals surface area contributed by atoms with E-state index < -0.39 is 33.6 Å². The van der Waals surface area contributed by atoms with Gasteiger partial charge in [0.15, 0.2) is 9.84 Å². The van der Waals surface area contributed by atoms with Crippen LogP contribution < -0.4 is 10.6 Å². The summed E-state index contributed by atoms with van der Waals surface area (Å²) >= 11 is 0. The second-order valence-electron chi connectivity index (χ2n) is 7.81. The highest BCUT2D eigenvalue weighted by Gasteiger charge is 2.36. The maximum absolute atomic E-state index is 13.3. The number of esters is 1. The number of ether oxygens (including phenoxy) is 1. The van der Waals surface area contributed by atoms with Crippen LogP contribution in [0.5, 0.6) is 0 Å². The van der Waals surface area contributed by atoms with Gasteiger partial charge in [0.2, 0.25) is 0 Å². The first-order valence-corrected chi connectivity index (χ1v) is 11.4. The molecule has 2 amide bonds. The molecule has 0 saturated carbocycles. The highest BCUT2D eigenvalue weighted by Crippen LogP contribution is 2.31. The van der Waals surface area contributed by atoms with Crippen molar-refractivity contribution in [3.63, 3.8) is 0 Å². The van der Waals surface area contributed by atoms with Crippen LogP contribution in [-0.4, -0.2) is 33.3 Å². The summed E-state index contributed by atoms with van der Waals surface area (Å²) in [5.41, 5.74) is 3.94. The number of sulfone groups is 1. The Kier molecular flexibility index (Phi) is 6.22. The Hall–Kier alpha value is -3.13. The van der Waals surface area contributed by atoms with Crippen LogP contribution in [0.1, 0.15) is 33.9 Å². The quantitative estimate of drug-likeness (QED) is 0.693. The lowest BCUT2D eigenvalue weighted by Gasteiger charge is -2.29. The first-order chi connectivity index (χ1) is 14.5. The second-order valence-corrected chi connectivity index (χ2v) is 9.74. The number of urea groups is 1. The van der Waals surface area contributed by atoms with E-state index in [2.05, 4.69) is 10.6 Å². The van der Waals surface area contributed by atoms with Gasteiger partial charge in [-0.05, 0) is 44.4 Å². The minimum Gasteiger partial charge on any atom is -0.466 e. The molecule has 164 valence electrons. The summed E-state index contributed by atoms with van der Waals surface area (Å²) in [4.78, 5) is 25.3. The Labute approximate surface area is 182 Å². The number of carbonyl (C=O) groups is 2. The first-order valence-electron chi connectivity index (χ1n) is 9.79. The molecule has 8 heteroatoms. The molecule has 1 atom stereocenters. The summed E-state index contributed by atoms with van der Waals surface area (Å²) in [6.07, 6.45) is 0. The Morgan fingerprint density at radius 3 is 2.13 bits per heavy atom. The minimum atomic E-state index is -3.86. The van der Waals surface area contributed by atoms with Gasteiger partial charge in [-0.3, -0.25) is 0 Å². The molecule has 2 aromatic carbocycles. The molecule has 0 spiro atoms. The molecule has 3 rings (SSSR count). The van der Waals surface area contributed by atoms with Gasteiger partial charge in [-0.2, -0.15) is 0 Å². The smallest absolute Gasteiger partial charge is 0.338 e. The summed E-state index contributed by atoms with van der Waals surface area (Å²) in [6, 6.07) is 9.47. The molecule has 0 saturated heterocycles. The van der Waals surface area contributed by atoms with E-state index in [0.29, 0.717) is 16.7 Å². The SMILES string of the molecule is COC(=O)C1=C(CS(=O)(=O)c2c(C)cc(C)cc2C)NC(=O)N[C@H]1c1ccc(C)cc1. The van der Waals surface area contributed by atoms with Crippen LogP contribution in [0.4, 0.5) is 4.79 Å². The molecule has 0 radical (unpaired) electrons. The van der Waals surface area contributed by atoms with Gasteiger partial charge >= 0.3 is 12.0 Å². The number of benzene rings is 2. The topological polar surface area (TPSA) is 102 Å². The minimum absolute atomic E-state index is 0.0144. The van der Waals surface area contributed by atoms with E-state index in [0.717, 1.165) is 11.1 Å². The fourth-order valence-electron chi connectivity index (χ4n) is 4.01. The zero-order chi connectivity index (χ0) is 22.9. The number of methoxy groups -OCH3 is 1. The molecule has 2 N–H and O–H groups in total. The molecule has 1 heterocycles. The van der Waals surface area contributed by atoms with E-state index >= 15 is 0 Å². The van der Waals surface area contributed by atoms with Crippen LogP contribution in [0.2, 0.25) is 0 Å². The van der Waals surface area contributed by atoms with Crippen molar-refractivity contribution in [3.8, 4) is 0 Å². The lowest BCUT2D eigenvalue weighted by Crippen LogP contribution is -2.47. The van der Waals surface area contributed by atoms with Crippen LogP contribution in [0.3, 0.4) is 0 Å². The maximum atomic E-state index is 13.3. The highest BCUT2D eigenvalue weighted by atomic mass is 32.2. The normalized spacial score (nSPS) is 16.5. The van der Waals surface area contributed by atoms with Crippen LogP contribution >= 0.6 is 0 Å². The number of rotatable bonds is 5. The number of aryl methyl sites for hydroxylation is 4. The Bertz CT molecular complexity index is 1160. The van der Waals surface area contributed by atoms with Gasteiger partial charge in [-0.25, -0.2) is 18.0 Å². The van der Waals surface area contributed by atoms with Gasteiger partial charge in [0.1, 0.15) is 0 Å². The summed E-state index contributed by atoms with van der Waals surface area (Å²) in [5.74, 6) is -1.24. The molecule has 0 bridgehead atoms. The molecule has 1 aliphatic heterocycles. The van der Waals surface area contributed by atoms with Gasteiger partial charge in [0.25, 0.3) is 0 Å². The third-order valence-corrected chi connectivity index (χ3v) is 7.15. The lowest BCUT2D eigenvalue weighted by atomic mass is 9.95. The summed E-state index contributed by atoms with van der Waals surface area (Å²) in [6.45, 7) is 7.29. The van der Waals surface area contributed by atoms with Gasteiger partial charge in [0, 0.05) is 5.70 Å². The van der Waals surface area contributed by atoms with Crippen molar-refractivity contribution >= 4 is 21.8 Å². The van der Waals surface area contributed by atoms with Crippen LogP contribution in [0, 0.1) is 27.7 Å². The van der Waals surface area contributed by atoms with Crippen LogP contribution in [0.25, 0.3) is 0 Å². The van der Waals surface area contributed by atoms with E-state index in [-0.39, 0.29) is 16.2 Å². The van der Waals surface area contributed by atoms with Crippen LogP contribution in [-0.2, 0) is 19.4 Å². The molecule has 7 nitrogen and oxygen atoms in total. The molecule has 1 aliphatic rings. The third kappa shape index (κ3) is 4.64. The maximum Gasteiger partial charge on any atom is 0.338 e. The Morgan fingerprint density at radius 2 is 1.58 bits per heavy atom. The zero-order valence-electron chi connectivity index (χ0n) is 18.2. The number of amides is 2. The predicted molar refractivity (Wildman–Crippen MR) is 117 cm³/mol. The van der Waals surface area contributed by atoms with E-state index in [1.807, 2.05) is 26.0 Å². The molecule has 0 aromatic heterocycles. The molecule has 0 aliphatic carbocycles. The number of nitrogens with one attached hydrogen (secondary N) is 2. The molecule has 2 aromatic rings. The van der Waals surface area contributed by atoms with Crippen molar-refractivity contribution in [2.45, 2.75) is 38.6 Å². The fraction of sp³-hybridized carbons (Fsp3) is 0.304. The molecule has 31 heavy (non-hydrogen) atoms. The third-order valence-electron chi connectivity index (χ3n) is 5.22. The van der Waals surface area contributed by atoms with E-state index in [1.54, 1.807) is 38.1 Å². The van der Waals surface area contributed by atoms with Crippen molar-refractivity contribution in [1.29, 1.82) is 0 Å². The standard InChI is InChI=1S/C23H26N2O5S/c1-13-6-8-17(9-7-13)20-19(22(26)30-5)18(24-23(27)25-20)12-31(28,29)21-15(3)10-14(2)11-16(21)4/h6-11,20H,12H2,1-5H3,(H2,24,25,27)/t20-/m0/s1. The fourth-order valence-corrected chi connectivity index (χ4v) is 5.86. The summed E-state index contributed by atoms with van der Waals surface area (Å²) in [7, 11) is -2.64. The molecule has 0 fully saturated rings. The lowest BCUT2D eigenvalue weighted by molar-refractivity contribution is -0.136. The van der Waals surface area contributed by atoms with E-state index in [9.17, 15) is 18.0 Å².